The molecular weight excluding hydrogens is 342 g/mol. The number of nitrogens with one attached hydrogen (secondary N) is 1. The molecule has 1 saturated heterocycles. The van der Waals surface area contributed by atoms with E-state index in [1.54, 1.807) is 0 Å². The molecule has 2 aliphatic heterocycles. The summed E-state index contributed by atoms with van der Waals surface area (Å²) < 4.78 is 10.7. The zero-order valence-electron chi connectivity index (χ0n) is 13.9. The maximum absolute atomic E-state index is 12.2. The number of ether oxygens (including phenoxy) is 2. The zero-order chi connectivity index (χ0) is 17.2. The third kappa shape index (κ3) is 3.73. The van der Waals surface area contributed by atoms with Crippen LogP contribution in [-0.2, 0) is 4.79 Å². The molecule has 1 N–H and O–H groups in total. The summed E-state index contributed by atoms with van der Waals surface area (Å²) in [5, 5.41) is 12.3. The minimum Gasteiger partial charge on any atom is -0.454 e. The topological polar surface area (TPSA) is 79.8 Å². The van der Waals surface area contributed by atoms with Gasteiger partial charge in [0.05, 0.1) is 6.54 Å². The predicted octanol–water partition coefficient (Wildman–Crippen LogP) is 1.12. The first-order valence-corrected chi connectivity index (χ1v) is 8.93. The van der Waals surface area contributed by atoms with Crippen molar-refractivity contribution in [3.8, 4) is 22.1 Å². The maximum Gasteiger partial charge on any atom is 0.240 e. The fourth-order valence-corrected chi connectivity index (χ4v) is 3.54. The van der Waals surface area contributed by atoms with E-state index in [9.17, 15) is 4.79 Å². The number of carbonyl (C=O) groups is 1. The number of hydrogen-bond acceptors (Lipinski definition) is 8. The monoisotopic (exact) mass is 361 g/mol. The van der Waals surface area contributed by atoms with Crippen LogP contribution in [-0.4, -0.2) is 72.5 Å². The summed E-state index contributed by atoms with van der Waals surface area (Å²) in [5.41, 5.74) is 0.890. The van der Waals surface area contributed by atoms with Crippen LogP contribution in [0.5, 0.6) is 11.5 Å². The van der Waals surface area contributed by atoms with E-state index in [-0.39, 0.29) is 12.7 Å². The number of likely N-dealkylation sites (N-methyl/N-ethyl adjacent to an activating group) is 1. The number of carbonyl (C=O) groups excluding carboxylic acids is 1. The molecule has 8 nitrogen and oxygen atoms in total. The van der Waals surface area contributed by atoms with Crippen molar-refractivity contribution in [1.82, 2.24) is 20.0 Å². The summed E-state index contributed by atoms with van der Waals surface area (Å²) in [4.78, 5) is 16.6. The van der Waals surface area contributed by atoms with E-state index < -0.39 is 0 Å². The third-order valence-corrected chi connectivity index (χ3v) is 5.14. The Bertz CT molecular complexity index is 773. The van der Waals surface area contributed by atoms with E-state index in [0.717, 1.165) is 42.5 Å². The minimum absolute atomic E-state index is 0.0575. The lowest BCUT2D eigenvalue weighted by Gasteiger charge is -2.31. The van der Waals surface area contributed by atoms with Crippen molar-refractivity contribution >= 4 is 22.4 Å². The standard InChI is InChI=1S/C16H19N5O3S/c1-20-4-6-21(7-5-20)9-14(22)17-16-19-18-15(25-16)11-2-3-12-13(8-11)24-10-23-12/h2-3,8H,4-7,9-10H2,1H3,(H,17,19,22). The van der Waals surface area contributed by atoms with Crippen LogP contribution in [0.4, 0.5) is 5.13 Å². The molecule has 2 aliphatic rings. The molecule has 0 aliphatic carbocycles. The molecule has 25 heavy (non-hydrogen) atoms. The fourth-order valence-electron chi connectivity index (χ4n) is 2.79. The van der Waals surface area contributed by atoms with Gasteiger partial charge in [0, 0.05) is 31.7 Å². The SMILES string of the molecule is CN1CCN(CC(=O)Nc2nnc(-c3ccc4c(c3)OCO4)s2)CC1. The number of amides is 1. The second-order valence-electron chi connectivity index (χ2n) is 6.11. The number of piperazine rings is 1. The first kappa shape index (κ1) is 16.2. The van der Waals surface area contributed by atoms with Gasteiger partial charge in [-0.05, 0) is 25.2 Å². The predicted molar refractivity (Wildman–Crippen MR) is 94.0 cm³/mol. The molecule has 132 valence electrons. The number of aromatic nitrogens is 2. The number of fused-ring (bicyclic) bond motifs is 1. The number of rotatable bonds is 4. The highest BCUT2D eigenvalue weighted by Gasteiger charge is 2.19. The fraction of sp³-hybridized carbons (Fsp3) is 0.438. The van der Waals surface area contributed by atoms with Crippen LogP contribution < -0.4 is 14.8 Å². The molecule has 1 amide bonds. The van der Waals surface area contributed by atoms with Crippen molar-refractivity contribution in [2.45, 2.75) is 0 Å². The Hall–Kier alpha value is -2.23. The second kappa shape index (κ2) is 6.95. The minimum atomic E-state index is -0.0575. The van der Waals surface area contributed by atoms with E-state index in [1.807, 2.05) is 18.2 Å². The van der Waals surface area contributed by atoms with Crippen molar-refractivity contribution in [1.29, 1.82) is 0 Å². The Kier molecular flexibility index (Phi) is 4.51. The van der Waals surface area contributed by atoms with E-state index in [2.05, 4.69) is 32.4 Å². The summed E-state index contributed by atoms with van der Waals surface area (Å²) in [7, 11) is 2.09. The highest BCUT2D eigenvalue weighted by molar-refractivity contribution is 7.18. The van der Waals surface area contributed by atoms with Crippen molar-refractivity contribution in [3.63, 3.8) is 0 Å². The van der Waals surface area contributed by atoms with Gasteiger partial charge in [0.15, 0.2) is 11.5 Å². The van der Waals surface area contributed by atoms with Crippen LogP contribution in [0.25, 0.3) is 10.6 Å². The number of anilines is 1. The average molecular weight is 361 g/mol. The van der Waals surface area contributed by atoms with E-state index in [1.165, 1.54) is 11.3 Å². The van der Waals surface area contributed by atoms with E-state index in [0.29, 0.717) is 17.4 Å². The molecule has 4 rings (SSSR count). The highest BCUT2D eigenvalue weighted by atomic mass is 32.1. The van der Waals surface area contributed by atoms with Crippen molar-refractivity contribution in [2.75, 3.05) is 51.9 Å². The van der Waals surface area contributed by atoms with Gasteiger partial charge in [0.1, 0.15) is 5.01 Å². The molecule has 0 radical (unpaired) electrons. The normalized spacial score (nSPS) is 17.6. The van der Waals surface area contributed by atoms with Gasteiger partial charge in [-0.1, -0.05) is 11.3 Å². The molecule has 2 aromatic rings. The number of hydrogen-bond donors (Lipinski definition) is 1. The largest absolute Gasteiger partial charge is 0.454 e. The molecule has 0 bridgehead atoms. The zero-order valence-corrected chi connectivity index (χ0v) is 14.7. The van der Waals surface area contributed by atoms with Gasteiger partial charge in [-0.2, -0.15) is 0 Å². The molecule has 1 fully saturated rings. The summed E-state index contributed by atoms with van der Waals surface area (Å²) in [6, 6.07) is 5.63. The van der Waals surface area contributed by atoms with Crippen molar-refractivity contribution in [2.24, 2.45) is 0 Å². The molecular formula is C16H19N5O3S. The van der Waals surface area contributed by atoms with Gasteiger partial charge in [-0.25, -0.2) is 0 Å². The molecule has 3 heterocycles. The summed E-state index contributed by atoms with van der Waals surface area (Å²) in [6.45, 7) is 4.40. The Morgan fingerprint density at radius 3 is 2.84 bits per heavy atom. The summed E-state index contributed by atoms with van der Waals surface area (Å²) in [6.07, 6.45) is 0. The molecule has 0 atom stereocenters. The Balaban J connectivity index is 1.37. The first-order valence-electron chi connectivity index (χ1n) is 8.12. The van der Waals surface area contributed by atoms with Crippen molar-refractivity contribution in [3.05, 3.63) is 18.2 Å². The van der Waals surface area contributed by atoms with Gasteiger partial charge >= 0.3 is 0 Å². The van der Waals surface area contributed by atoms with Crippen LogP contribution in [0.1, 0.15) is 0 Å². The first-order chi connectivity index (χ1) is 12.2. The molecule has 0 spiro atoms. The smallest absolute Gasteiger partial charge is 0.240 e. The van der Waals surface area contributed by atoms with Crippen LogP contribution >= 0.6 is 11.3 Å². The maximum atomic E-state index is 12.2. The van der Waals surface area contributed by atoms with Crippen LogP contribution in [0, 0.1) is 0 Å². The highest BCUT2D eigenvalue weighted by Crippen LogP contribution is 2.37. The van der Waals surface area contributed by atoms with Crippen LogP contribution in [0.2, 0.25) is 0 Å². The van der Waals surface area contributed by atoms with Crippen molar-refractivity contribution < 1.29 is 14.3 Å². The molecule has 9 heteroatoms. The quantitative estimate of drug-likeness (QED) is 0.874. The lowest BCUT2D eigenvalue weighted by atomic mass is 10.2. The van der Waals surface area contributed by atoms with Gasteiger partial charge in [-0.15, -0.1) is 10.2 Å². The summed E-state index contributed by atoms with van der Waals surface area (Å²) in [5.74, 6) is 1.38. The number of benzene rings is 1. The lowest BCUT2D eigenvalue weighted by molar-refractivity contribution is -0.117. The second-order valence-corrected chi connectivity index (χ2v) is 7.09. The van der Waals surface area contributed by atoms with Gasteiger partial charge in [-0.3, -0.25) is 15.0 Å². The van der Waals surface area contributed by atoms with Crippen LogP contribution in [0.15, 0.2) is 18.2 Å². The third-order valence-electron chi connectivity index (χ3n) is 4.25. The van der Waals surface area contributed by atoms with Gasteiger partial charge < -0.3 is 14.4 Å². The van der Waals surface area contributed by atoms with Crippen LogP contribution in [0.3, 0.4) is 0 Å². The molecule has 1 aromatic carbocycles. The molecule has 1 aromatic heterocycles. The van der Waals surface area contributed by atoms with Gasteiger partial charge in [0.2, 0.25) is 17.8 Å². The van der Waals surface area contributed by atoms with E-state index in [4.69, 9.17) is 9.47 Å². The Morgan fingerprint density at radius 2 is 2.00 bits per heavy atom. The molecule has 0 saturated carbocycles. The Labute approximate surface area is 149 Å². The lowest BCUT2D eigenvalue weighted by Crippen LogP contribution is -2.47. The average Bonchev–Trinajstić information content (AvgIpc) is 3.25. The van der Waals surface area contributed by atoms with E-state index >= 15 is 0 Å². The Morgan fingerprint density at radius 1 is 1.20 bits per heavy atom. The number of nitrogens with zero attached hydrogens (tertiary/aromatic N) is 4. The summed E-state index contributed by atoms with van der Waals surface area (Å²) >= 11 is 1.34. The molecule has 0 unspecified atom stereocenters. The van der Waals surface area contributed by atoms with Gasteiger partial charge in [0.25, 0.3) is 0 Å².